The number of aryl methyl sites for hydroxylation is 2. The molecule has 7 heteroatoms. The van der Waals surface area contributed by atoms with Crippen LogP contribution in [0.5, 0.6) is 0 Å². The number of furan rings is 1. The largest absolute Gasteiger partial charge is 0.468 e. The first-order chi connectivity index (χ1) is 13.2. The average Bonchev–Trinajstić information content (AvgIpc) is 3.31. The molecule has 2 aromatic heterocycles. The third kappa shape index (κ3) is 5.56. The molecule has 148 valence electrons. The first-order valence-electron chi connectivity index (χ1n) is 9.90. The van der Waals surface area contributed by atoms with Crippen molar-refractivity contribution in [2.45, 2.75) is 52.6 Å². The number of rotatable bonds is 7. The molecule has 1 unspecified atom stereocenters. The number of nitrogens with zero attached hydrogens (tertiary/aromatic N) is 3. The highest BCUT2D eigenvalue weighted by molar-refractivity contribution is 7.11. The maximum absolute atomic E-state index is 5.74. The van der Waals surface area contributed by atoms with Crippen molar-refractivity contribution in [2.24, 2.45) is 4.99 Å². The predicted molar refractivity (Wildman–Crippen MR) is 111 cm³/mol. The lowest BCUT2D eigenvalue weighted by molar-refractivity contribution is 0.146. The van der Waals surface area contributed by atoms with Gasteiger partial charge in [-0.25, -0.2) is 9.98 Å². The Kier molecular flexibility index (Phi) is 7.29. The summed E-state index contributed by atoms with van der Waals surface area (Å²) in [6.07, 6.45) is 5.60. The zero-order valence-electron chi connectivity index (χ0n) is 16.6. The molecule has 0 aliphatic carbocycles. The van der Waals surface area contributed by atoms with Crippen molar-refractivity contribution in [3.8, 4) is 0 Å². The summed E-state index contributed by atoms with van der Waals surface area (Å²) in [6.45, 7) is 10.7. The highest BCUT2D eigenvalue weighted by atomic mass is 32.1. The van der Waals surface area contributed by atoms with Crippen LogP contribution in [0.1, 0.15) is 53.6 Å². The van der Waals surface area contributed by atoms with Gasteiger partial charge in [0, 0.05) is 18.0 Å². The smallest absolute Gasteiger partial charge is 0.191 e. The molecule has 1 aliphatic heterocycles. The van der Waals surface area contributed by atoms with Gasteiger partial charge in [0.15, 0.2) is 5.96 Å². The van der Waals surface area contributed by atoms with Gasteiger partial charge >= 0.3 is 0 Å². The van der Waals surface area contributed by atoms with Crippen molar-refractivity contribution in [1.29, 1.82) is 0 Å². The zero-order valence-corrected chi connectivity index (χ0v) is 17.4. The van der Waals surface area contributed by atoms with E-state index >= 15 is 0 Å². The molecule has 0 aromatic carbocycles. The van der Waals surface area contributed by atoms with E-state index in [-0.39, 0.29) is 6.04 Å². The molecule has 1 fully saturated rings. The van der Waals surface area contributed by atoms with E-state index in [2.05, 4.69) is 47.4 Å². The Balaban J connectivity index is 1.65. The van der Waals surface area contributed by atoms with E-state index in [4.69, 9.17) is 9.41 Å². The van der Waals surface area contributed by atoms with Crippen molar-refractivity contribution in [3.63, 3.8) is 0 Å². The topological polar surface area (TPSA) is 65.7 Å². The first-order valence-corrected chi connectivity index (χ1v) is 10.7. The second-order valence-electron chi connectivity index (χ2n) is 6.95. The molecule has 2 aromatic rings. The Labute approximate surface area is 166 Å². The molecule has 6 nitrogen and oxygen atoms in total. The molecule has 0 spiro atoms. The van der Waals surface area contributed by atoms with E-state index in [1.807, 2.05) is 6.07 Å². The number of nitrogens with one attached hydrogen (secondary N) is 2. The number of piperidine rings is 1. The van der Waals surface area contributed by atoms with Crippen LogP contribution in [0.4, 0.5) is 0 Å². The lowest BCUT2D eigenvalue weighted by Crippen LogP contribution is -2.44. The summed E-state index contributed by atoms with van der Waals surface area (Å²) in [6, 6.07) is 4.28. The molecular weight excluding hydrogens is 358 g/mol. The van der Waals surface area contributed by atoms with Crippen LogP contribution in [-0.4, -0.2) is 42.0 Å². The molecule has 0 radical (unpaired) electrons. The van der Waals surface area contributed by atoms with Crippen LogP contribution < -0.4 is 10.6 Å². The fraction of sp³-hybridized carbons (Fsp3) is 0.600. The number of likely N-dealkylation sites (tertiary alicyclic amines) is 1. The summed E-state index contributed by atoms with van der Waals surface area (Å²) in [7, 11) is 0. The number of aliphatic imine (C=N–C) groups is 1. The Morgan fingerprint density at radius 2 is 2.11 bits per heavy atom. The van der Waals surface area contributed by atoms with Gasteiger partial charge in [-0.3, -0.25) is 4.90 Å². The number of guanidine groups is 1. The Bertz CT molecular complexity index is 699. The number of hydrogen-bond acceptors (Lipinski definition) is 5. The van der Waals surface area contributed by atoms with E-state index in [0.29, 0.717) is 6.54 Å². The standard InChI is InChI=1S/C20H31N5OS/c1-4-21-20(23-14-19-24-15(2)16(3)27-19)22-13-17(18-9-8-12-26-18)25-10-6-5-7-11-25/h8-9,12,17H,4-7,10-11,13-14H2,1-3H3,(H2,21,22,23). The van der Waals surface area contributed by atoms with Crippen LogP contribution in [0.25, 0.3) is 0 Å². The Morgan fingerprint density at radius 1 is 1.30 bits per heavy atom. The zero-order chi connectivity index (χ0) is 19.1. The summed E-state index contributed by atoms with van der Waals surface area (Å²) in [5, 5.41) is 7.91. The minimum atomic E-state index is 0.230. The molecule has 3 heterocycles. The highest BCUT2D eigenvalue weighted by Crippen LogP contribution is 2.24. The first kappa shape index (κ1) is 19.9. The van der Waals surface area contributed by atoms with E-state index in [9.17, 15) is 0 Å². The summed E-state index contributed by atoms with van der Waals surface area (Å²) in [5.41, 5.74) is 1.10. The summed E-state index contributed by atoms with van der Waals surface area (Å²) in [4.78, 5) is 13.1. The van der Waals surface area contributed by atoms with Crippen molar-refractivity contribution in [2.75, 3.05) is 26.2 Å². The molecule has 1 atom stereocenters. The molecule has 2 N–H and O–H groups in total. The fourth-order valence-corrected chi connectivity index (χ4v) is 4.27. The van der Waals surface area contributed by atoms with Crippen LogP contribution in [0.15, 0.2) is 27.8 Å². The maximum atomic E-state index is 5.74. The average molecular weight is 390 g/mol. The molecule has 0 bridgehead atoms. The van der Waals surface area contributed by atoms with Crippen molar-refractivity contribution >= 4 is 17.3 Å². The molecular formula is C20H31N5OS. The van der Waals surface area contributed by atoms with Gasteiger partial charge < -0.3 is 15.1 Å². The fourth-order valence-electron chi connectivity index (χ4n) is 3.41. The van der Waals surface area contributed by atoms with Gasteiger partial charge in [0.2, 0.25) is 0 Å². The van der Waals surface area contributed by atoms with Gasteiger partial charge in [-0.2, -0.15) is 0 Å². The lowest BCUT2D eigenvalue weighted by atomic mass is 10.1. The second kappa shape index (κ2) is 9.90. The van der Waals surface area contributed by atoms with Crippen LogP contribution in [0.2, 0.25) is 0 Å². The molecule has 1 saturated heterocycles. The van der Waals surface area contributed by atoms with Crippen LogP contribution in [-0.2, 0) is 6.54 Å². The van der Waals surface area contributed by atoms with Gasteiger partial charge in [0.25, 0.3) is 0 Å². The van der Waals surface area contributed by atoms with Gasteiger partial charge in [0.1, 0.15) is 10.8 Å². The third-order valence-corrected chi connectivity index (χ3v) is 6.01. The third-order valence-electron chi connectivity index (χ3n) is 4.96. The van der Waals surface area contributed by atoms with E-state index < -0.39 is 0 Å². The predicted octanol–water partition coefficient (Wildman–Crippen LogP) is 3.64. The van der Waals surface area contributed by atoms with E-state index in [1.165, 1.54) is 24.1 Å². The number of aromatic nitrogens is 1. The van der Waals surface area contributed by atoms with Gasteiger partial charge in [0.05, 0.1) is 24.5 Å². The molecule has 0 saturated carbocycles. The number of thiazole rings is 1. The minimum Gasteiger partial charge on any atom is -0.468 e. The van der Waals surface area contributed by atoms with Crippen molar-refractivity contribution in [1.82, 2.24) is 20.5 Å². The van der Waals surface area contributed by atoms with Gasteiger partial charge in [-0.15, -0.1) is 11.3 Å². The minimum absolute atomic E-state index is 0.230. The molecule has 3 rings (SSSR count). The van der Waals surface area contributed by atoms with Gasteiger partial charge in [-0.1, -0.05) is 6.42 Å². The quantitative estimate of drug-likeness (QED) is 0.559. The maximum Gasteiger partial charge on any atom is 0.191 e. The molecule has 27 heavy (non-hydrogen) atoms. The molecule has 1 aliphatic rings. The Hall–Kier alpha value is -1.86. The van der Waals surface area contributed by atoms with E-state index in [1.54, 1.807) is 17.6 Å². The molecule has 0 amide bonds. The van der Waals surface area contributed by atoms with Crippen LogP contribution >= 0.6 is 11.3 Å². The van der Waals surface area contributed by atoms with Crippen molar-refractivity contribution in [3.05, 3.63) is 39.7 Å². The highest BCUT2D eigenvalue weighted by Gasteiger charge is 2.24. The van der Waals surface area contributed by atoms with Crippen LogP contribution in [0.3, 0.4) is 0 Å². The van der Waals surface area contributed by atoms with Crippen LogP contribution in [0, 0.1) is 13.8 Å². The second-order valence-corrected chi connectivity index (χ2v) is 8.24. The summed E-state index contributed by atoms with van der Waals surface area (Å²) >= 11 is 1.72. The summed E-state index contributed by atoms with van der Waals surface area (Å²) in [5.74, 6) is 1.85. The van der Waals surface area contributed by atoms with Crippen molar-refractivity contribution < 1.29 is 4.42 Å². The van der Waals surface area contributed by atoms with Gasteiger partial charge in [-0.05, 0) is 58.8 Å². The summed E-state index contributed by atoms with van der Waals surface area (Å²) < 4.78 is 5.74. The SMILES string of the molecule is CCNC(=NCc1nc(C)c(C)s1)NCC(c1ccco1)N1CCCCC1. The Morgan fingerprint density at radius 3 is 2.74 bits per heavy atom. The van der Waals surface area contributed by atoms with E-state index in [0.717, 1.165) is 48.6 Å². The normalized spacial score (nSPS) is 17.1. The number of hydrogen-bond donors (Lipinski definition) is 2. The monoisotopic (exact) mass is 389 g/mol. The lowest BCUT2D eigenvalue weighted by Gasteiger charge is -2.33.